The molecule has 0 bridgehead atoms. The van der Waals surface area contributed by atoms with E-state index in [0.29, 0.717) is 25.8 Å². The van der Waals surface area contributed by atoms with Gasteiger partial charge in [-0.05, 0) is 46.5 Å². The number of methoxy groups -OCH3 is 1. The van der Waals surface area contributed by atoms with Gasteiger partial charge in [-0.15, -0.1) is 0 Å². The summed E-state index contributed by atoms with van der Waals surface area (Å²) in [5.41, 5.74) is -1.61. The Labute approximate surface area is 142 Å². The quantitative estimate of drug-likeness (QED) is 0.613. The second-order valence-electron chi connectivity index (χ2n) is 7.23. The predicted octanol–water partition coefficient (Wildman–Crippen LogP) is 1.76. The van der Waals surface area contributed by atoms with Gasteiger partial charge in [0.15, 0.2) is 0 Å². The molecule has 134 valence electrons. The summed E-state index contributed by atoms with van der Waals surface area (Å²) >= 11 is 0. The van der Waals surface area contributed by atoms with Crippen molar-refractivity contribution in [1.29, 1.82) is 0 Å². The average Bonchev–Trinajstić information content (AvgIpc) is 2.90. The van der Waals surface area contributed by atoms with Gasteiger partial charge in [-0.25, -0.2) is 9.59 Å². The molecule has 0 aromatic rings. The molecular formula is C17H26N2O5. The molecule has 7 nitrogen and oxygen atoms in total. The lowest BCUT2D eigenvalue weighted by Gasteiger charge is -2.38. The summed E-state index contributed by atoms with van der Waals surface area (Å²) < 4.78 is 10.2. The number of esters is 1. The first-order valence-corrected chi connectivity index (χ1v) is 8.24. The third-order valence-electron chi connectivity index (χ3n) is 4.30. The van der Waals surface area contributed by atoms with Gasteiger partial charge in [0.25, 0.3) is 0 Å². The molecule has 2 aliphatic heterocycles. The fourth-order valence-corrected chi connectivity index (χ4v) is 3.27. The molecule has 1 fully saturated rings. The van der Waals surface area contributed by atoms with Crippen LogP contribution in [0.1, 0.15) is 46.5 Å². The number of hydrogen-bond donors (Lipinski definition) is 1. The van der Waals surface area contributed by atoms with Crippen molar-refractivity contribution >= 4 is 18.0 Å². The number of amides is 2. The van der Waals surface area contributed by atoms with E-state index < -0.39 is 29.2 Å². The highest BCUT2D eigenvalue weighted by molar-refractivity contribution is 5.93. The molecule has 7 heteroatoms. The number of rotatable bonds is 2. The van der Waals surface area contributed by atoms with E-state index in [1.165, 1.54) is 7.11 Å². The lowest BCUT2D eigenvalue weighted by Crippen LogP contribution is -2.59. The van der Waals surface area contributed by atoms with Gasteiger partial charge in [0.1, 0.15) is 17.2 Å². The van der Waals surface area contributed by atoms with Crippen molar-refractivity contribution in [2.75, 3.05) is 13.7 Å². The van der Waals surface area contributed by atoms with E-state index in [2.05, 4.69) is 5.32 Å². The highest BCUT2D eigenvalue weighted by atomic mass is 16.6. The fraction of sp³-hybridized carbons (Fsp3) is 0.706. The monoisotopic (exact) mass is 338 g/mol. The molecule has 1 N–H and O–H groups in total. The minimum atomic E-state index is -0.962. The van der Waals surface area contributed by atoms with Gasteiger partial charge < -0.3 is 19.7 Å². The lowest BCUT2D eigenvalue weighted by atomic mass is 9.89. The summed E-state index contributed by atoms with van der Waals surface area (Å²) in [4.78, 5) is 38.8. The van der Waals surface area contributed by atoms with Crippen molar-refractivity contribution < 1.29 is 23.9 Å². The fourth-order valence-electron chi connectivity index (χ4n) is 3.27. The maximum Gasteiger partial charge on any atom is 0.408 e. The summed E-state index contributed by atoms with van der Waals surface area (Å²) in [5.74, 6) is -0.677. The van der Waals surface area contributed by atoms with Crippen LogP contribution in [0, 0.1) is 0 Å². The molecule has 0 unspecified atom stereocenters. The maximum absolute atomic E-state index is 12.9. The Morgan fingerprint density at radius 3 is 2.67 bits per heavy atom. The third kappa shape index (κ3) is 3.71. The van der Waals surface area contributed by atoms with E-state index in [1.54, 1.807) is 25.7 Å². The normalized spacial score (nSPS) is 28.4. The second-order valence-corrected chi connectivity index (χ2v) is 7.23. The van der Waals surface area contributed by atoms with Crippen LogP contribution in [0.3, 0.4) is 0 Å². The minimum absolute atomic E-state index is 0.270. The first-order valence-electron chi connectivity index (χ1n) is 8.24. The van der Waals surface area contributed by atoms with Gasteiger partial charge in [-0.1, -0.05) is 12.2 Å². The summed E-state index contributed by atoms with van der Waals surface area (Å²) in [6.45, 7) is 5.76. The maximum atomic E-state index is 12.9. The first-order chi connectivity index (χ1) is 11.2. The summed E-state index contributed by atoms with van der Waals surface area (Å²) in [6.07, 6.45) is 5.16. The zero-order valence-electron chi connectivity index (χ0n) is 14.8. The molecule has 0 aromatic carbocycles. The molecule has 2 atom stereocenters. The van der Waals surface area contributed by atoms with Crippen LogP contribution in [0.5, 0.6) is 0 Å². The number of alkyl carbamates (subject to hydrolysis) is 1. The summed E-state index contributed by atoms with van der Waals surface area (Å²) in [7, 11) is 1.33. The predicted molar refractivity (Wildman–Crippen MR) is 87.2 cm³/mol. The zero-order valence-corrected chi connectivity index (χ0v) is 14.8. The Bertz CT molecular complexity index is 552. The van der Waals surface area contributed by atoms with Crippen LogP contribution in [0.2, 0.25) is 0 Å². The Hall–Kier alpha value is -2.05. The van der Waals surface area contributed by atoms with Crippen LogP contribution in [0.4, 0.5) is 4.79 Å². The van der Waals surface area contributed by atoms with E-state index in [1.807, 2.05) is 12.2 Å². The molecule has 24 heavy (non-hydrogen) atoms. The minimum Gasteiger partial charge on any atom is -0.467 e. The molecule has 1 saturated heterocycles. The Morgan fingerprint density at radius 2 is 2.04 bits per heavy atom. The van der Waals surface area contributed by atoms with Crippen molar-refractivity contribution in [2.45, 2.75) is 63.6 Å². The topological polar surface area (TPSA) is 84.9 Å². The number of fused-ring (bicyclic) bond motifs is 1. The number of nitrogens with one attached hydrogen (secondary N) is 1. The van der Waals surface area contributed by atoms with Gasteiger partial charge in [-0.2, -0.15) is 0 Å². The van der Waals surface area contributed by atoms with Gasteiger partial charge in [-0.3, -0.25) is 4.79 Å². The van der Waals surface area contributed by atoms with E-state index in [4.69, 9.17) is 9.47 Å². The molecular weight excluding hydrogens is 312 g/mol. The largest absolute Gasteiger partial charge is 0.467 e. The standard InChI is InChI=1S/C17H26N2O5/c1-16(2,3)24-15(22)18-12-8-5-6-9-17(14(21)23-4)10-7-11-19(17)13(12)20/h5-6,12H,7-11H2,1-4H3,(H,18,22)/b6-5-/t12-,17-/m0/s1. The third-order valence-corrected chi connectivity index (χ3v) is 4.30. The van der Waals surface area contributed by atoms with Crippen LogP contribution < -0.4 is 5.32 Å². The van der Waals surface area contributed by atoms with Crippen LogP contribution in [-0.4, -0.2) is 53.7 Å². The average molecular weight is 338 g/mol. The highest BCUT2D eigenvalue weighted by Gasteiger charge is 2.51. The number of hydrogen-bond acceptors (Lipinski definition) is 5. The number of carbonyl (C=O) groups is 3. The molecule has 2 rings (SSSR count). The SMILES string of the molecule is COC(=O)[C@@]12C/C=C\C[C@H](NC(=O)OC(C)(C)C)C(=O)N1CCC2. The van der Waals surface area contributed by atoms with Crippen molar-refractivity contribution in [2.24, 2.45) is 0 Å². The summed E-state index contributed by atoms with van der Waals surface area (Å²) in [6, 6.07) is -0.751. The molecule has 0 radical (unpaired) electrons. The van der Waals surface area contributed by atoms with Crippen molar-refractivity contribution in [3.05, 3.63) is 12.2 Å². The highest BCUT2D eigenvalue weighted by Crippen LogP contribution is 2.36. The van der Waals surface area contributed by atoms with E-state index in [9.17, 15) is 14.4 Å². The first kappa shape index (κ1) is 18.3. The van der Waals surface area contributed by atoms with Crippen molar-refractivity contribution in [3.8, 4) is 0 Å². The van der Waals surface area contributed by atoms with Crippen LogP contribution >= 0.6 is 0 Å². The molecule has 2 heterocycles. The lowest BCUT2D eigenvalue weighted by molar-refractivity contribution is -0.160. The van der Waals surface area contributed by atoms with Gasteiger partial charge >= 0.3 is 12.1 Å². The van der Waals surface area contributed by atoms with E-state index in [-0.39, 0.29) is 5.91 Å². The summed E-state index contributed by atoms with van der Waals surface area (Å²) in [5, 5.41) is 2.62. The van der Waals surface area contributed by atoms with Crippen LogP contribution in [-0.2, 0) is 19.1 Å². The number of carbonyl (C=O) groups excluding carboxylic acids is 3. The van der Waals surface area contributed by atoms with Crippen LogP contribution in [0.25, 0.3) is 0 Å². The van der Waals surface area contributed by atoms with Crippen molar-refractivity contribution in [1.82, 2.24) is 10.2 Å². The molecule has 0 aliphatic carbocycles. The molecule has 0 saturated carbocycles. The molecule has 0 aromatic heterocycles. The Balaban J connectivity index is 2.20. The van der Waals surface area contributed by atoms with Crippen LogP contribution in [0.15, 0.2) is 12.2 Å². The van der Waals surface area contributed by atoms with E-state index >= 15 is 0 Å². The number of nitrogens with zero attached hydrogens (tertiary/aromatic N) is 1. The smallest absolute Gasteiger partial charge is 0.408 e. The molecule has 2 amide bonds. The van der Waals surface area contributed by atoms with E-state index in [0.717, 1.165) is 6.42 Å². The zero-order chi connectivity index (χ0) is 18.0. The van der Waals surface area contributed by atoms with Crippen molar-refractivity contribution in [3.63, 3.8) is 0 Å². The number of ether oxygens (including phenoxy) is 2. The van der Waals surface area contributed by atoms with Gasteiger partial charge in [0.05, 0.1) is 7.11 Å². The molecule has 0 spiro atoms. The van der Waals surface area contributed by atoms with Gasteiger partial charge in [0, 0.05) is 6.54 Å². The Morgan fingerprint density at radius 1 is 1.33 bits per heavy atom. The molecule has 2 aliphatic rings. The Kier molecular flexibility index (Phi) is 5.20. The second kappa shape index (κ2) is 6.83. The van der Waals surface area contributed by atoms with Gasteiger partial charge in [0.2, 0.25) is 5.91 Å².